The summed E-state index contributed by atoms with van der Waals surface area (Å²) < 4.78 is 32.2. The van der Waals surface area contributed by atoms with Crippen molar-refractivity contribution < 1.29 is 22.7 Å². The molecule has 0 saturated carbocycles. The molecule has 0 saturated heterocycles. The van der Waals surface area contributed by atoms with Gasteiger partial charge in [0.25, 0.3) is 0 Å². The normalized spacial score (nSPS) is 12.2. The number of hydrogen-bond donors (Lipinski definition) is 1. The second kappa shape index (κ2) is 12.2. The number of carbonyl (C=O) groups excluding carboxylic acids is 2. The molecular weight excluding hydrogens is 522 g/mol. The lowest BCUT2D eigenvalue weighted by Crippen LogP contribution is -2.53. The van der Waals surface area contributed by atoms with Gasteiger partial charge in [-0.15, -0.1) is 0 Å². The number of nitrogens with one attached hydrogen (secondary N) is 1. The molecule has 0 aliphatic carbocycles. The average Bonchev–Trinajstić information content (AvgIpc) is 2.76. The zero-order chi connectivity index (χ0) is 25.5. The van der Waals surface area contributed by atoms with Crippen LogP contribution in [0.3, 0.4) is 0 Å². The summed E-state index contributed by atoms with van der Waals surface area (Å²) >= 11 is 3.34. The van der Waals surface area contributed by atoms with Crippen molar-refractivity contribution in [3.05, 3.63) is 58.6 Å². The van der Waals surface area contributed by atoms with Crippen molar-refractivity contribution in [2.45, 2.75) is 45.8 Å². The number of nitrogens with zero attached hydrogens (tertiary/aromatic N) is 2. The van der Waals surface area contributed by atoms with Crippen molar-refractivity contribution in [2.24, 2.45) is 0 Å². The highest BCUT2D eigenvalue weighted by molar-refractivity contribution is 9.10. The highest BCUT2D eigenvalue weighted by Crippen LogP contribution is 2.23. The molecule has 186 valence electrons. The van der Waals surface area contributed by atoms with Crippen LogP contribution in [0.15, 0.2) is 53.0 Å². The lowest BCUT2D eigenvalue weighted by Gasteiger charge is -2.33. The van der Waals surface area contributed by atoms with Crippen LogP contribution in [-0.2, 0) is 26.2 Å². The number of anilines is 1. The fourth-order valence-corrected chi connectivity index (χ4v) is 4.74. The highest BCUT2D eigenvalue weighted by Gasteiger charge is 2.32. The Kier molecular flexibility index (Phi) is 9.93. The van der Waals surface area contributed by atoms with Gasteiger partial charge in [0.2, 0.25) is 21.8 Å². The number of amides is 2. The molecule has 2 rings (SSSR count). The van der Waals surface area contributed by atoms with Crippen LogP contribution in [0.2, 0.25) is 0 Å². The van der Waals surface area contributed by atoms with Gasteiger partial charge < -0.3 is 15.0 Å². The van der Waals surface area contributed by atoms with Gasteiger partial charge in [-0.2, -0.15) is 0 Å². The third kappa shape index (κ3) is 7.73. The fourth-order valence-electron chi connectivity index (χ4n) is 3.51. The predicted octanol–water partition coefficient (Wildman–Crippen LogP) is 3.56. The summed E-state index contributed by atoms with van der Waals surface area (Å²) in [6, 6.07) is 13.0. The van der Waals surface area contributed by atoms with Crippen LogP contribution < -0.4 is 14.4 Å². The zero-order valence-corrected chi connectivity index (χ0v) is 22.5. The van der Waals surface area contributed by atoms with E-state index < -0.39 is 28.5 Å². The number of hydrogen-bond acceptors (Lipinski definition) is 5. The Morgan fingerprint density at radius 2 is 1.79 bits per heavy atom. The quantitative estimate of drug-likeness (QED) is 0.459. The molecule has 0 aromatic heterocycles. The summed E-state index contributed by atoms with van der Waals surface area (Å²) in [4.78, 5) is 28.0. The van der Waals surface area contributed by atoms with E-state index in [9.17, 15) is 18.0 Å². The van der Waals surface area contributed by atoms with Crippen molar-refractivity contribution in [1.29, 1.82) is 0 Å². The van der Waals surface area contributed by atoms with Crippen molar-refractivity contribution in [2.75, 3.05) is 24.2 Å². The largest absolute Gasteiger partial charge is 0.497 e. The van der Waals surface area contributed by atoms with E-state index in [2.05, 4.69) is 21.2 Å². The zero-order valence-electron chi connectivity index (χ0n) is 20.1. The highest BCUT2D eigenvalue weighted by atomic mass is 79.9. The van der Waals surface area contributed by atoms with Crippen molar-refractivity contribution in [3.8, 4) is 5.75 Å². The summed E-state index contributed by atoms with van der Waals surface area (Å²) in [6.07, 6.45) is 1.42. The first-order valence-corrected chi connectivity index (χ1v) is 13.6. The van der Waals surface area contributed by atoms with Crippen molar-refractivity contribution in [1.82, 2.24) is 10.2 Å². The van der Waals surface area contributed by atoms with Gasteiger partial charge in [-0.25, -0.2) is 8.42 Å². The van der Waals surface area contributed by atoms with E-state index in [1.165, 1.54) is 4.90 Å². The predicted molar refractivity (Wildman–Crippen MR) is 137 cm³/mol. The van der Waals surface area contributed by atoms with Crippen molar-refractivity contribution >= 4 is 43.5 Å². The topological polar surface area (TPSA) is 96.0 Å². The van der Waals surface area contributed by atoms with Gasteiger partial charge in [-0.1, -0.05) is 41.1 Å². The van der Waals surface area contributed by atoms with Gasteiger partial charge in [-0.3, -0.25) is 13.9 Å². The maximum atomic E-state index is 13.6. The molecule has 0 aliphatic heterocycles. The first-order chi connectivity index (χ1) is 16.0. The molecule has 0 unspecified atom stereocenters. The van der Waals surface area contributed by atoms with Crippen LogP contribution in [0.5, 0.6) is 5.75 Å². The van der Waals surface area contributed by atoms with E-state index in [0.717, 1.165) is 16.1 Å². The minimum Gasteiger partial charge on any atom is -0.497 e. The third-order valence-corrected chi connectivity index (χ3v) is 6.71. The fraction of sp³-hybridized carbons (Fsp3) is 0.417. The molecule has 0 aliphatic rings. The standard InChI is InChI=1S/C24H32BrN3O5S/c1-6-22(24(30)26-17(2)3)27(15-18-9-7-12-21(13-18)33-4)23(29)16-28(34(5,31)32)20-11-8-10-19(25)14-20/h7-14,17,22H,6,15-16H2,1-5H3,(H,26,30)/t22-/m0/s1. The second-order valence-corrected chi connectivity index (χ2v) is 11.0. The first kappa shape index (κ1) is 27.7. The molecule has 2 aromatic carbocycles. The van der Waals surface area contributed by atoms with Crippen LogP contribution in [0.4, 0.5) is 5.69 Å². The number of methoxy groups -OCH3 is 1. The summed E-state index contributed by atoms with van der Waals surface area (Å²) in [7, 11) is -2.22. The number of halogens is 1. The summed E-state index contributed by atoms with van der Waals surface area (Å²) in [5, 5.41) is 2.86. The Hall–Kier alpha value is -2.59. The Morgan fingerprint density at radius 3 is 2.35 bits per heavy atom. The van der Waals surface area contributed by atoms with E-state index in [-0.39, 0.29) is 18.5 Å². The van der Waals surface area contributed by atoms with Gasteiger partial charge in [0.1, 0.15) is 18.3 Å². The van der Waals surface area contributed by atoms with E-state index in [0.29, 0.717) is 22.3 Å². The molecule has 0 bridgehead atoms. The SMILES string of the molecule is CC[C@@H](C(=O)NC(C)C)N(Cc1cccc(OC)c1)C(=O)CN(c1cccc(Br)c1)S(C)(=O)=O. The molecule has 2 aromatic rings. The number of benzene rings is 2. The average molecular weight is 555 g/mol. The molecule has 8 nitrogen and oxygen atoms in total. The maximum Gasteiger partial charge on any atom is 0.244 e. The van der Waals surface area contributed by atoms with Gasteiger partial charge in [0.05, 0.1) is 19.1 Å². The molecule has 1 atom stereocenters. The van der Waals surface area contributed by atoms with E-state index >= 15 is 0 Å². The van der Waals surface area contributed by atoms with Crippen LogP contribution in [0, 0.1) is 0 Å². The number of carbonyl (C=O) groups is 2. The van der Waals surface area contributed by atoms with E-state index in [1.807, 2.05) is 26.8 Å². The molecule has 2 amide bonds. The monoisotopic (exact) mass is 553 g/mol. The lowest BCUT2D eigenvalue weighted by molar-refractivity contribution is -0.140. The molecule has 0 radical (unpaired) electrons. The van der Waals surface area contributed by atoms with E-state index in [1.54, 1.807) is 49.6 Å². The van der Waals surface area contributed by atoms with Crippen LogP contribution in [-0.4, -0.2) is 57.1 Å². The Labute approximate surface area is 210 Å². The minimum atomic E-state index is -3.77. The van der Waals surface area contributed by atoms with Crippen LogP contribution in [0.25, 0.3) is 0 Å². The van der Waals surface area contributed by atoms with Gasteiger partial charge in [0.15, 0.2) is 0 Å². The first-order valence-electron chi connectivity index (χ1n) is 10.9. The van der Waals surface area contributed by atoms with Crippen molar-refractivity contribution in [3.63, 3.8) is 0 Å². The lowest BCUT2D eigenvalue weighted by atomic mass is 10.1. The molecule has 0 fully saturated rings. The minimum absolute atomic E-state index is 0.107. The van der Waals surface area contributed by atoms with Crippen LogP contribution in [0.1, 0.15) is 32.8 Å². The number of sulfonamides is 1. The smallest absolute Gasteiger partial charge is 0.244 e. The van der Waals surface area contributed by atoms with Gasteiger partial charge >= 0.3 is 0 Å². The third-order valence-electron chi connectivity index (χ3n) is 5.08. The molecule has 0 spiro atoms. The Morgan fingerprint density at radius 1 is 1.12 bits per heavy atom. The molecule has 0 heterocycles. The number of ether oxygens (including phenoxy) is 1. The van der Waals surface area contributed by atoms with E-state index in [4.69, 9.17) is 4.74 Å². The Bertz CT molecular complexity index is 1110. The summed E-state index contributed by atoms with van der Waals surface area (Å²) in [6.45, 7) is 5.19. The molecular formula is C24H32BrN3O5S. The number of rotatable bonds is 11. The maximum absolute atomic E-state index is 13.6. The van der Waals surface area contributed by atoms with Gasteiger partial charge in [0, 0.05) is 17.1 Å². The molecule has 1 N–H and O–H groups in total. The Balaban J connectivity index is 2.46. The molecule has 10 heteroatoms. The summed E-state index contributed by atoms with van der Waals surface area (Å²) in [5.41, 5.74) is 1.11. The van der Waals surface area contributed by atoms with Crippen LogP contribution >= 0.6 is 15.9 Å². The van der Waals surface area contributed by atoms with Gasteiger partial charge in [-0.05, 0) is 56.2 Å². The molecule has 34 heavy (non-hydrogen) atoms. The second-order valence-electron chi connectivity index (χ2n) is 8.21. The summed E-state index contributed by atoms with van der Waals surface area (Å²) in [5.74, 6) is -0.155.